The summed E-state index contributed by atoms with van der Waals surface area (Å²) in [6.07, 6.45) is -3.14. The number of nitrogens with zero attached hydrogens (tertiary/aromatic N) is 2. The summed E-state index contributed by atoms with van der Waals surface area (Å²) in [5.41, 5.74) is 6.63. The number of carbonyl (C=O) groups is 4. The molecule has 0 saturated heterocycles. The number of nitrogens with one attached hydrogen (secondary N) is 3. The van der Waals surface area contributed by atoms with E-state index in [9.17, 15) is 37.5 Å². The van der Waals surface area contributed by atoms with Crippen LogP contribution >= 0.6 is 0 Å². The number of likely N-dealkylation sites (N-methyl/N-ethyl adjacent to an activating group) is 1. The summed E-state index contributed by atoms with van der Waals surface area (Å²) in [6, 6.07) is 14.7. The van der Waals surface area contributed by atoms with Gasteiger partial charge in [-0.1, -0.05) is 31.5 Å². The predicted molar refractivity (Wildman–Crippen MR) is 192 cm³/mol. The number of ether oxygens (including phenoxy) is 1. The molecule has 0 bridgehead atoms. The molecule has 5 amide bonds. The molecule has 3 atom stereocenters. The zero-order chi connectivity index (χ0) is 38.0. The monoisotopic (exact) mass is 726 g/mol. The summed E-state index contributed by atoms with van der Waals surface area (Å²) in [6.45, 7) is 3.44. The molecule has 0 fully saturated rings. The van der Waals surface area contributed by atoms with Gasteiger partial charge in [-0.15, -0.1) is 0 Å². The fourth-order valence-corrected chi connectivity index (χ4v) is 5.66. The predicted octanol–water partition coefficient (Wildman–Crippen LogP) is 6.20. The number of carbonyl (C=O) groups excluding carboxylic acids is 4. The molecule has 15 heteroatoms. The number of nitrogen functional groups attached to an aromatic ring is 1. The average Bonchev–Trinajstić information content (AvgIpc) is 3.10. The van der Waals surface area contributed by atoms with E-state index in [2.05, 4.69) is 16.0 Å². The summed E-state index contributed by atoms with van der Waals surface area (Å²) in [5.74, 6) is -1.16. The van der Waals surface area contributed by atoms with E-state index in [0.717, 1.165) is 24.3 Å². The summed E-state index contributed by atoms with van der Waals surface area (Å²) in [4.78, 5) is 55.1. The third-order valence-corrected chi connectivity index (χ3v) is 8.77. The number of halogens is 3. The van der Waals surface area contributed by atoms with Gasteiger partial charge in [-0.25, -0.2) is 4.79 Å². The Kier molecular flexibility index (Phi) is 13.5. The number of aliphatic hydroxyl groups excluding tert-OH is 1. The number of nitrogens with two attached hydrogens (primary N) is 1. The smallest absolute Gasteiger partial charge is 0.416 e. The molecule has 1 heterocycles. The molecule has 4 rings (SSSR count). The van der Waals surface area contributed by atoms with Crippen LogP contribution in [-0.2, 0) is 15.8 Å². The Bertz CT molecular complexity index is 1720. The van der Waals surface area contributed by atoms with Crippen LogP contribution in [-0.4, -0.2) is 77.5 Å². The van der Waals surface area contributed by atoms with E-state index >= 15 is 0 Å². The topological polar surface area (TPSA) is 166 Å². The largest absolute Gasteiger partial charge is 0.485 e. The standard InChI is InChI=1S/C37H45F3N6O6/c1-23-20-46(24(2)22-47)35(50)27-10-9-13-30(44-33(49)15-6-4-5-14-32(48)43-29-12-8-7-11-28(29)41)34(27)52-31(23)21-45(3)36(51)42-26-18-16-25(17-19-26)37(38,39)40/h7-13,16-19,23-24,31,47H,4-6,14-15,20-22,41H2,1-3H3,(H,42,51)(H,43,48)(H,44,49)/t23-,24-,31+/m1/s1. The van der Waals surface area contributed by atoms with Crippen molar-refractivity contribution in [2.24, 2.45) is 5.92 Å². The first kappa shape index (κ1) is 39.5. The van der Waals surface area contributed by atoms with E-state index in [-0.39, 0.29) is 73.0 Å². The van der Waals surface area contributed by atoms with Crippen LogP contribution in [0.15, 0.2) is 66.7 Å². The van der Waals surface area contributed by atoms with Crippen molar-refractivity contribution < 1.29 is 42.2 Å². The van der Waals surface area contributed by atoms with Crippen molar-refractivity contribution in [2.75, 3.05) is 48.4 Å². The first-order chi connectivity index (χ1) is 24.7. The number of amides is 5. The quantitative estimate of drug-likeness (QED) is 0.103. The molecular weight excluding hydrogens is 681 g/mol. The Hall–Kier alpha value is -5.31. The summed E-state index contributed by atoms with van der Waals surface area (Å²) < 4.78 is 45.4. The first-order valence-corrected chi connectivity index (χ1v) is 17.0. The minimum absolute atomic E-state index is 0.00926. The number of alkyl halides is 3. The SMILES string of the molecule is C[C@@H]1CN([C@H](C)CO)C(=O)c2cccc(NC(=O)CCCCCC(=O)Nc3ccccc3N)c2O[C@H]1CN(C)C(=O)Nc1ccc(C(F)(F)F)cc1. The average molecular weight is 727 g/mol. The van der Waals surface area contributed by atoms with E-state index in [1.54, 1.807) is 49.4 Å². The van der Waals surface area contributed by atoms with Crippen molar-refractivity contribution in [3.8, 4) is 5.75 Å². The van der Waals surface area contributed by atoms with Crippen molar-refractivity contribution in [2.45, 2.75) is 64.3 Å². The maximum atomic E-state index is 13.8. The zero-order valence-electron chi connectivity index (χ0n) is 29.3. The van der Waals surface area contributed by atoms with Crippen LogP contribution in [0.2, 0.25) is 0 Å². The molecule has 12 nitrogen and oxygen atoms in total. The Labute approximate surface area is 300 Å². The van der Waals surface area contributed by atoms with E-state index in [1.165, 1.54) is 16.8 Å². The van der Waals surface area contributed by atoms with Crippen molar-refractivity contribution in [3.63, 3.8) is 0 Å². The minimum atomic E-state index is -4.51. The highest BCUT2D eigenvalue weighted by atomic mass is 19.4. The Morgan fingerprint density at radius 2 is 1.56 bits per heavy atom. The second-order valence-electron chi connectivity index (χ2n) is 12.9. The second kappa shape index (κ2) is 17.8. The molecule has 0 radical (unpaired) electrons. The fraction of sp³-hybridized carbons (Fsp3) is 0.405. The van der Waals surface area contributed by atoms with E-state index < -0.39 is 35.8 Å². The molecule has 3 aromatic carbocycles. The van der Waals surface area contributed by atoms with Crippen molar-refractivity contribution >= 4 is 46.5 Å². The maximum absolute atomic E-state index is 13.8. The van der Waals surface area contributed by atoms with Gasteiger partial charge < -0.3 is 41.3 Å². The molecule has 1 aliphatic rings. The van der Waals surface area contributed by atoms with Crippen molar-refractivity contribution in [1.82, 2.24) is 9.80 Å². The van der Waals surface area contributed by atoms with Crippen LogP contribution in [0, 0.1) is 5.92 Å². The summed E-state index contributed by atoms with van der Waals surface area (Å²) >= 11 is 0. The number of hydrogen-bond donors (Lipinski definition) is 5. The molecule has 0 aromatic heterocycles. The third-order valence-electron chi connectivity index (χ3n) is 8.77. The number of para-hydroxylation sites is 3. The highest BCUT2D eigenvalue weighted by Crippen LogP contribution is 2.35. The second-order valence-corrected chi connectivity index (χ2v) is 12.9. The van der Waals surface area contributed by atoms with E-state index in [1.807, 2.05) is 6.92 Å². The van der Waals surface area contributed by atoms with Gasteiger partial charge in [0.25, 0.3) is 5.91 Å². The molecule has 6 N–H and O–H groups in total. The van der Waals surface area contributed by atoms with Gasteiger partial charge in [0, 0.05) is 38.0 Å². The molecule has 0 spiro atoms. The molecule has 1 aliphatic heterocycles. The third kappa shape index (κ3) is 10.6. The number of urea groups is 1. The number of anilines is 4. The van der Waals surface area contributed by atoms with E-state index in [4.69, 9.17) is 10.5 Å². The number of fused-ring (bicyclic) bond motifs is 1. The number of hydrogen-bond acceptors (Lipinski definition) is 7. The normalized spacial score (nSPS) is 16.4. The number of rotatable bonds is 13. The zero-order valence-corrected chi connectivity index (χ0v) is 29.3. The van der Waals surface area contributed by atoms with Crippen LogP contribution in [0.25, 0.3) is 0 Å². The van der Waals surface area contributed by atoms with Gasteiger partial charge in [-0.05, 0) is 68.3 Å². The van der Waals surface area contributed by atoms with Gasteiger partial charge in [0.15, 0.2) is 5.75 Å². The number of aliphatic hydroxyl groups is 1. The molecule has 3 aromatic rings. The minimum Gasteiger partial charge on any atom is -0.485 e. The maximum Gasteiger partial charge on any atom is 0.416 e. The van der Waals surface area contributed by atoms with Crippen LogP contribution in [0.4, 0.5) is 40.7 Å². The summed E-state index contributed by atoms with van der Waals surface area (Å²) in [5, 5.41) is 18.2. The lowest BCUT2D eigenvalue weighted by Crippen LogP contribution is -2.50. The van der Waals surface area contributed by atoms with Crippen LogP contribution in [0.1, 0.15) is 61.9 Å². The van der Waals surface area contributed by atoms with Gasteiger partial charge in [0.2, 0.25) is 11.8 Å². The molecule has 52 heavy (non-hydrogen) atoms. The van der Waals surface area contributed by atoms with Crippen molar-refractivity contribution in [3.05, 3.63) is 77.9 Å². The molecule has 0 saturated carbocycles. The first-order valence-electron chi connectivity index (χ1n) is 17.0. The van der Waals surface area contributed by atoms with Gasteiger partial charge in [-0.2, -0.15) is 13.2 Å². The van der Waals surface area contributed by atoms with Crippen molar-refractivity contribution in [1.29, 1.82) is 0 Å². The fourth-order valence-electron chi connectivity index (χ4n) is 5.66. The lowest BCUT2D eigenvalue weighted by atomic mass is 9.99. The van der Waals surface area contributed by atoms with E-state index in [0.29, 0.717) is 30.6 Å². The van der Waals surface area contributed by atoms with Gasteiger partial charge in [0.05, 0.1) is 47.4 Å². The number of benzene rings is 3. The van der Waals surface area contributed by atoms with Crippen LogP contribution in [0.3, 0.4) is 0 Å². The van der Waals surface area contributed by atoms with Gasteiger partial charge in [0.1, 0.15) is 6.10 Å². The Balaban J connectivity index is 1.42. The highest BCUT2D eigenvalue weighted by Gasteiger charge is 2.35. The molecule has 0 aliphatic carbocycles. The Morgan fingerprint density at radius 1 is 0.942 bits per heavy atom. The summed E-state index contributed by atoms with van der Waals surface area (Å²) in [7, 11) is 1.50. The van der Waals surface area contributed by atoms with Crippen LogP contribution < -0.4 is 26.4 Å². The molecule has 0 unspecified atom stereocenters. The molecular formula is C37H45F3N6O6. The van der Waals surface area contributed by atoms with Crippen LogP contribution in [0.5, 0.6) is 5.75 Å². The number of unbranched alkanes of at least 4 members (excludes halogenated alkanes) is 2. The highest BCUT2D eigenvalue weighted by molar-refractivity contribution is 6.01. The van der Waals surface area contributed by atoms with Gasteiger partial charge in [-0.3, -0.25) is 14.4 Å². The lowest BCUT2D eigenvalue weighted by Gasteiger charge is -2.38. The lowest BCUT2D eigenvalue weighted by molar-refractivity contribution is -0.137. The Morgan fingerprint density at radius 3 is 2.17 bits per heavy atom. The molecule has 280 valence electrons. The van der Waals surface area contributed by atoms with Gasteiger partial charge >= 0.3 is 12.2 Å².